The quantitative estimate of drug-likeness (QED) is 0.324. The molecule has 11 nitrogen and oxygen atoms in total. The molecule has 0 bridgehead atoms. The van der Waals surface area contributed by atoms with Crippen molar-refractivity contribution in [2.75, 3.05) is 33.9 Å². The van der Waals surface area contributed by atoms with Gasteiger partial charge < -0.3 is 19.2 Å². The number of esters is 1. The average Bonchev–Trinajstić information content (AvgIpc) is 3.41. The van der Waals surface area contributed by atoms with Crippen LogP contribution >= 0.6 is 0 Å². The first-order valence-electron chi connectivity index (χ1n) is 13.0. The Hall–Kier alpha value is -4.25. The number of carbonyl (C=O) groups is 1. The second kappa shape index (κ2) is 11.6. The number of aromatic amines is 1. The number of ether oxygens (including phenoxy) is 3. The van der Waals surface area contributed by atoms with E-state index in [4.69, 9.17) is 14.2 Å². The van der Waals surface area contributed by atoms with Gasteiger partial charge in [-0.3, -0.25) is 14.5 Å². The Morgan fingerprint density at radius 1 is 1.08 bits per heavy atom. The number of nitrogens with one attached hydrogen (secondary N) is 1. The molecule has 1 saturated heterocycles. The predicted octanol–water partition coefficient (Wildman–Crippen LogP) is 2.94. The lowest BCUT2D eigenvalue weighted by Crippen LogP contribution is -2.42. The highest BCUT2D eigenvalue weighted by molar-refractivity contribution is 5.83. The van der Waals surface area contributed by atoms with Gasteiger partial charge in [-0.05, 0) is 47.9 Å². The highest BCUT2D eigenvalue weighted by atomic mass is 16.5. The predicted molar refractivity (Wildman–Crippen MR) is 144 cm³/mol. The second-order valence-electron chi connectivity index (χ2n) is 9.49. The van der Waals surface area contributed by atoms with E-state index in [0.717, 1.165) is 10.9 Å². The fourth-order valence-corrected chi connectivity index (χ4v) is 5.18. The summed E-state index contributed by atoms with van der Waals surface area (Å²) in [6.45, 7) is 3.78. The number of H-pyrrole nitrogens is 1. The van der Waals surface area contributed by atoms with E-state index in [1.807, 2.05) is 49.4 Å². The largest absolute Gasteiger partial charge is 0.493 e. The van der Waals surface area contributed by atoms with E-state index in [9.17, 15) is 9.59 Å². The molecular weight excluding hydrogens is 500 g/mol. The number of aromatic nitrogens is 5. The third-order valence-electron chi connectivity index (χ3n) is 7.17. The smallest absolute Gasteiger partial charge is 0.309 e. The first kappa shape index (κ1) is 26.4. The van der Waals surface area contributed by atoms with E-state index in [-0.39, 0.29) is 17.4 Å². The van der Waals surface area contributed by atoms with Gasteiger partial charge in [-0.1, -0.05) is 30.3 Å². The molecule has 0 radical (unpaired) electrons. The monoisotopic (exact) mass is 532 g/mol. The van der Waals surface area contributed by atoms with E-state index in [1.165, 1.54) is 0 Å². The van der Waals surface area contributed by atoms with Gasteiger partial charge in [-0.15, -0.1) is 5.10 Å². The normalized spacial score (nSPS) is 15.3. The van der Waals surface area contributed by atoms with Crippen molar-refractivity contribution in [1.82, 2.24) is 30.1 Å². The van der Waals surface area contributed by atoms with Crippen molar-refractivity contribution in [3.8, 4) is 11.5 Å². The molecule has 1 N–H and O–H groups in total. The molecule has 0 saturated carbocycles. The fourth-order valence-electron chi connectivity index (χ4n) is 5.18. The summed E-state index contributed by atoms with van der Waals surface area (Å²) in [5, 5.41) is 13.4. The van der Waals surface area contributed by atoms with Crippen molar-refractivity contribution in [1.29, 1.82) is 0 Å². The molecule has 0 amide bonds. The molecule has 39 heavy (non-hydrogen) atoms. The summed E-state index contributed by atoms with van der Waals surface area (Å²) >= 11 is 0. The molecule has 0 aliphatic carbocycles. The van der Waals surface area contributed by atoms with Gasteiger partial charge in [-0.2, -0.15) is 0 Å². The van der Waals surface area contributed by atoms with Crippen LogP contribution in [0.25, 0.3) is 10.9 Å². The topological polar surface area (TPSA) is 124 Å². The number of benzene rings is 2. The van der Waals surface area contributed by atoms with Crippen LogP contribution < -0.4 is 15.0 Å². The van der Waals surface area contributed by atoms with Crippen molar-refractivity contribution in [3.05, 3.63) is 75.8 Å². The number of likely N-dealkylation sites (tertiary alicyclic amines) is 1. The minimum Gasteiger partial charge on any atom is -0.493 e. The Morgan fingerprint density at radius 3 is 2.49 bits per heavy atom. The van der Waals surface area contributed by atoms with Crippen molar-refractivity contribution in [2.24, 2.45) is 5.92 Å². The first-order valence-corrected chi connectivity index (χ1v) is 13.0. The number of methoxy groups -OCH3 is 2. The zero-order chi connectivity index (χ0) is 27.4. The summed E-state index contributed by atoms with van der Waals surface area (Å²) in [4.78, 5) is 31.2. The Bertz CT molecular complexity index is 1490. The third-order valence-corrected chi connectivity index (χ3v) is 7.17. The summed E-state index contributed by atoms with van der Waals surface area (Å²) in [7, 11) is 3.13. The molecule has 1 unspecified atom stereocenters. The van der Waals surface area contributed by atoms with Crippen LogP contribution in [0.1, 0.15) is 42.8 Å². The molecule has 1 atom stereocenters. The van der Waals surface area contributed by atoms with Crippen LogP contribution in [-0.4, -0.2) is 70.0 Å². The Morgan fingerprint density at radius 2 is 1.79 bits per heavy atom. The molecule has 1 aliphatic heterocycles. The molecule has 0 spiro atoms. The van der Waals surface area contributed by atoms with Gasteiger partial charge in [0.25, 0.3) is 5.56 Å². The molecule has 204 valence electrons. The van der Waals surface area contributed by atoms with Crippen LogP contribution in [0, 0.1) is 5.92 Å². The van der Waals surface area contributed by atoms with E-state index in [1.54, 1.807) is 25.0 Å². The Labute approximate surface area is 225 Å². The second-order valence-corrected chi connectivity index (χ2v) is 9.49. The summed E-state index contributed by atoms with van der Waals surface area (Å²) < 4.78 is 17.9. The van der Waals surface area contributed by atoms with Gasteiger partial charge in [0.2, 0.25) is 0 Å². The highest BCUT2D eigenvalue weighted by Gasteiger charge is 2.35. The molecule has 4 aromatic rings. The SMILES string of the molecule is CCOC(=O)C1CCN(C(c2cc3cc(OC)c(OC)cc3[nH]c2=O)c2nnnn2Cc2ccccc2)CC1. The molecule has 5 rings (SSSR count). The number of nitrogens with zero attached hydrogens (tertiary/aromatic N) is 5. The van der Waals surface area contributed by atoms with E-state index >= 15 is 0 Å². The lowest BCUT2D eigenvalue weighted by Gasteiger charge is -2.36. The van der Waals surface area contributed by atoms with Crippen molar-refractivity contribution < 1.29 is 19.0 Å². The van der Waals surface area contributed by atoms with Crippen LogP contribution in [0.3, 0.4) is 0 Å². The number of hydrogen-bond acceptors (Lipinski definition) is 9. The minimum absolute atomic E-state index is 0.172. The summed E-state index contributed by atoms with van der Waals surface area (Å²) in [5.41, 5.74) is 1.93. The fraction of sp³-hybridized carbons (Fsp3) is 0.393. The van der Waals surface area contributed by atoms with E-state index < -0.39 is 6.04 Å². The lowest BCUT2D eigenvalue weighted by molar-refractivity contribution is -0.149. The Kier molecular flexibility index (Phi) is 7.87. The lowest BCUT2D eigenvalue weighted by atomic mass is 9.94. The maximum Gasteiger partial charge on any atom is 0.309 e. The Balaban J connectivity index is 1.57. The molecule has 3 heterocycles. The molecule has 2 aromatic heterocycles. The first-order chi connectivity index (χ1) is 19.0. The average molecular weight is 533 g/mol. The molecule has 11 heteroatoms. The molecule has 1 aliphatic rings. The van der Waals surface area contributed by atoms with Crippen molar-refractivity contribution >= 4 is 16.9 Å². The summed E-state index contributed by atoms with van der Waals surface area (Å²) in [6.07, 6.45) is 1.23. The number of rotatable bonds is 9. The van der Waals surface area contributed by atoms with Crippen LogP contribution in [-0.2, 0) is 16.1 Å². The number of fused-ring (bicyclic) bond motifs is 1. The standard InChI is InChI=1S/C28H32N6O5/c1-4-39-28(36)19-10-12-33(13-11-19)25(26-30-31-32-34(26)17-18-8-6-5-7-9-18)21-14-20-15-23(37-2)24(38-3)16-22(20)29-27(21)35/h5-9,14-16,19,25H,4,10-13,17H2,1-3H3,(H,29,35). The maximum absolute atomic E-state index is 13.6. The number of pyridine rings is 1. The van der Waals surface area contributed by atoms with Gasteiger partial charge in [0, 0.05) is 30.1 Å². The molecule has 2 aromatic carbocycles. The van der Waals surface area contributed by atoms with Gasteiger partial charge in [-0.25, -0.2) is 4.68 Å². The number of hydrogen-bond donors (Lipinski definition) is 1. The zero-order valence-corrected chi connectivity index (χ0v) is 22.3. The van der Waals surface area contributed by atoms with E-state index in [0.29, 0.717) is 67.5 Å². The minimum atomic E-state index is -0.534. The van der Waals surface area contributed by atoms with Gasteiger partial charge in [0.1, 0.15) is 6.04 Å². The number of piperidine rings is 1. The highest BCUT2D eigenvalue weighted by Crippen LogP contribution is 2.34. The summed E-state index contributed by atoms with van der Waals surface area (Å²) in [6, 6.07) is 14.8. The molecule has 1 fully saturated rings. The number of tetrazole rings is 1. The zero-order valence-electron chi connectivity index (χ0n) is 22.3. The van der Waals surface area contributed by atoms with Gasteiger partial charge in [0.15, 0.2) is 17.3 Å². The van der Waals surface area contributed by atoms with Crippen molar-refractivity contribution in [2.45, 2.75) is 32.4 Å². The summed E-state index contributed by atoms with van der Waals surface area (Å²) in [5.74, 6) is 1.29. The molecular formula is C28H32N6O5. The van der Waals surface area contributed by atoms with Gasteiger partial charge in [0.05, 0.1) is 38.8 Å². The van der Waals surface area contributed by atoms with Crippen LogP contribution in [0.15, 0.2) is 53.3 Å². The maximum atomic E-state index is 13.6. The third kappa shape index (κ3) is 5.49. The van der Waals surface area contributed by atoms with E-state index in [2.05, 4.69) is 25.4 Å². The van der Waals surface area contributed by atoms with Crippen LogP contribution in [0.2, 0.25) is 0 Å². The van der Waals surface area contributed by atoms with Crippen molar-refractivity contribution in [3.63, 3.8) is 0 Å². The van der Waals surface area contributed by atoms with Crippen LogP contribution in [0.5, 0.6) is 11.5 Å². The number of carbonyl (C=O) groups excluding carboxylic acids is 1. The van der Waals surface area contributed by atoms with Gasteiger partial charge >= 0.3 is 5.97 Å². The van der Waals surface area contributed by atoms with Crippen LogP contribution in [0.4, 0.5) is 0 Å².